The maximum absolute atomic E-state index is 11.9. The molecular weight excluding hydrogens is 318 g/mol. The van der Waals surface area contributed by atoms with Gasteiger partial charge in [0.1, 0.15) is 6.07 Å². The van der Waals surface area contributed by atoms with E-state index >= 15 is 0 Å². The van der Waals surface area contributed by atoms with E-state index in [2.05, 4.69) is 21.8 Å². The van der Waals surface area contributed by atoms with E-state index in [1.54, 1.807) is 6.07 Å². The average molecular weight is 336 g/mol. The zero-order chi connectivity index (χ0) is 17.0. The normalized spacial score (nSPS) is 16.7. The molecule has 0 aliphatic carbocycles. The molecule has 7 nitrogen and oxygen atoms in total. The van der Waals surface area contributed by atoms with Crippen LogP contribution in [0.5, 0.6) is 0 Å². The number of carbonyl (C=O) groups is 2. The van der Waals surface area contributed by atoms with Gasteiger partial charge in [0.15, 0.2) is 0 Å². The van der Waals surface area contributed by atoms with Gasteiger partial charge in [0, 0.05) is 24.7 Å². The van der Waals surface area contributed by atoms with Crippen LogP contribution in [0, 0.1) is 18.3 Å². The minimum absolute atomic E-state index is 0.00683. The van der Waals surface area contributed by atoms with Gasteiger partial charge in [-0.25, -0.2) is 10.2 Å². The monoisotopic (exact) mass is 335 g/mol. The molecule has 2 rings (SSSR count). The van der Waals surface area contributed by atoms with Gasteiger partial charge in [-0.15, -0.1) is 0 Å². The van der Waals surface area contributed by atoms with Crippen LogP contribution in [0.1, 0.15) is 30.4 Å². The number of halogens is 1. The van der Waals surface area contributed by atoms with Crippen LogP contribution in [0.4, 0.5) is 10.5 Å². The highest BCUT2D eigenvalue weighted by molar-refractivity contribution is 6.32. The highest BCUT2D eigenvalue weighted by Gasteiger charge is 2.28. The second kappa shape index (κ2) is 7.20. The van der Waals surface area contributed by atoms with Gasteiger partial charge in [-0.1, -0.05) is 11.6 Å². The van der Waals surface area contributed by atoms with Gasteiger partial charge in [0.25, 0.3) is 0 Å². The number of nitriles is 1. The first-order chi connectivity index (χ1) is 10.9. The molecule has 1 aliphatic heterocycles. The Morgan fingerprint density at radius 2 is 2.22 bits per heavy atom. The number of rotatable bonds is 3. The van der Waals surface area contributed by atoms with Crippen molar-refractivity contribution in [2.45, 2.75) is 32.2 Å². The Hall–Kier alpha value is -2.46. The molecule has 1 aliphatic rings. The number of nitrogens with zero attached hydrogens (tertiary/aromatic N) is 2. The molecule has 122 valence electrons. The molecule has 0 radical (unpaired) electrons. The van der Waals surface area contributed by atoms with Crippen molar-refractivity contribution in [1.29, 1.82) is 5.26 Å². The lowest BCUT2D eigenvalue weighted by atomic mass is 10.1. The van der Waals surface area contributed by atoms with Crippen LogP contribution in [-0.2, 0) is 4.79 Å². The van der Waals surface area contributed by atoms with Crippen LogP contribution in [0.2, 0.25) is 5.02 Å². The Labute approximate surface area is 139 Å². The highest BCUT2D eigenvalue weighted by Crippen LogP contribution is 2.34. The van der Waals surface area contributed by atoms with E-state index in [9.17, 15) is 9.59 Å². The minimum atomic E-state index is -0.809. The van der Waals surface area contributed by atoms with Crippen LogP contribution in [0.25, 0.3) is 0 Å². The summed E-state index contributed by atoms with van der Waals surface area (Å²) in [6, 6.07) is 4.80. The number of hydrazine groups is 1. The van der Waals surface area contributed by atoms with Gasteiger partial charge in [-0.3, -0.25) is 10.2 Å². The average Bonchev–Trinajstić information content (AvgIpc) is 2.96. The van der Waals surface area contributed by atoms with Crippen molar-refractivity contribution in [2.75, 3.05) is 11.4 Å². The lowest BCUT2D eigenvalue weighted by Crippen LogP contribution is -2.46. The van der Waals surface area contributed by atoms with Crippen molar-refractivity contribution < 1.29 is 9.59 Å². The van der Waals surface area contributed by atoms with Gasteiger partial charge in [-0.05, 0) is 37.5 Å². The van der Waals surface area contributed by atoms with E-state index < -0.39 is 6.03 Å². The predicted octanol–water partition coefficient (Wildman–Crippen LogP) is 1.58. The molecular formula is C15H18ClN5O2. The fourth-order valence-electron chi connectivity index (χ4n) is 2.83. The maximum atomic E-state index is 11.9. The first kappa shape index (κ1) is 16.9. The first-order valence-corrected chi connectivity index (χ1v) is 7.62. The molecule has 1 saturated heterocycles. The summed E-state index contributed by atoms with van der Waals surface area (Å²) in [7, 11) is 0. The lowest BCUT2D eigenvalue weighted by molar-refractivity contribution is -0.122. The summed E-state index contributed by atoms with van der Waals surface area (Å²) in [4.78, 5) is 24.6. The fraction of sp³-hybridized carbons (Fsp3) is 0.400. The Morgan fingerprint density at radius 3 is 2.87 bits per heavy atom. The van der Waals surface area contributed by atoms with Crippen molar-refractivity contribution in [3.63, 3.8) is 0 Å². The van der Waals surface area contributed by atoms with E-state index in [1.165, 1.54) is 0 Å². The Kier molecular flexibility index (Phi) is 5.29. The van der Waals surface area contributed by atoms with Crippen LogP contribution in [0.3, 0.4) is 0 Å². The molecule has 3 amide bonds. The molecule has 1 fully saturated rings. The smallest absolute Gasteiger partial charge is 0.330 e. The van der Waals surface area contributed by atoms with Crippen molar-refractivity contribution in [3.8, 4) is 6.07 Å². The number of urea groups is 1. The van der Waals surface area contributed by atoms with E-state index in [1.807, 2.05) is 13.0 Å². The van der Waals surface area contributed by atoms with Crippen molar-refractivity contribution in [3.05, 3.63) is 28.3 Å². The third kappa shape index (κ3) is 3.85. The maximum Gasteiger partial charge on any atom is 0.330 e. The molecule has 0 saturated carbocycles. The summed E-state index contributed by atoms with van der Waals surface area (Å²) >= 11 is 6.23. The van der Waals surface area contributed by atoms with Gasteiger partial charge in [-0.2, -0.15) is 5.26 Å². The lowest BCUT2D eigenvalue weighted by Gasteiger charge is -2.28. The van der Waals surface area contributed by atoms with Crippen LogP contribution < -0.4 is 21.5 Å². The largest absolute Gasteiger partial charge is 0.368 e. The first-order valence-electron chi connectivity index (χ1n) is 7.24. The Balaban J connectivity index is 2.13. The molecule has 0 spiro atoms. The van der Waals surface area contributed by atoms with Crippen LogP contribution in [-0.4, -0.2) is 24.5 Å². The number of hydrogen-bond donors (Lipinski definition) is 3. The van der Waals surface area contributed by atoms with E-state index in [0.717, 1.165) is 30.6 Å². The molecule has 1 heterocycles. The standard InChI is InChI=1S/C15H18ClN5O2/c1-9-12(5-4-10(8-17)14(9)16)21-6-2-3-11(21)7-13(22)19-20-15(18)23/h4-5,11H,2-3,6-7H2,1H3,(H,19,22)(H3,18,20,23). The molecule has 23 heavy (non-hydrogen) atoms. The van der Waals surface area contributed by atoms with Gasteiger partial charge in [0.05, 0.1) is 10.6 Å². The number of anilines is 1. The summed E-state index contributed by atoms with van der Waals surface area (Å²) in [5.41, 5.74) is 11.4. The minimum Gasteiger partial charge on any atom is -0.368 e. The van der Waals surface area contributed by atoms with E-state index in [-0.39, 0.29) is 18.4 Å². The van der Waals surface area contributed by atoms with Gasteiger partial charge in [0.2, 0.25) is 5.91 Å². The zero-order valence-corrected chi connectivity index (χ0v) is 13.5. The molecule has 0 bridgehead atoms. The third-order valence-corrected chi connectivity index (χ3v) is 4.40. The third-order valence-electron chi connectivity index (χ3n) is 3.91. The number of amides is 3. The Bertz CT molecular complexity index is 671. The highest BCUT2D eigenvalue weighted by atomic mass is 35.5. The zero-order valence-electron chi connectivity index (χ0n) is 12.7. The van der Waals surface area contributed by atoms with Crippen LogP contribution in [0.15, 0.2) is 12.1 Å². The summed E-state index contributed by atoms with van der Waals surface area (Å²) in [5.74, 6) is -0.307. The van der Waals surface area contributed by atoms with Crippen molar-refractivity contribution in [2.24, 2.45) is 5.73 Å². The number of carbonyl (C=O) groups excluding carboxylic acids is 2. The van der Waals surface area contributed by atoms with Crippen molar-refractivity contribution in [1.82, 2.24) is 10.9 Å². The number of benzene rings is 1. The van der Waals surface area contributed by atoms with Crippen molar-refractivity contribution >= 4 is 29.2 Å². The Morgan fingerprint density at radius 1 is 1.48 bits per heavy atom. The molecule has 8 heteroatoms. The molecule has 1 atom stereocenters. The summed E-state index contributed by atoms with van der Waals surface area (Å²) in [6.07, 6.45) is 2.05. The number of hydrogen-bond acceptors (Lipinski definition) is 4. The van der Waals surface area contributed by atoms with E-state index in [0.29, 0.717) is 10.6 Å². The fourth-order valence-corrected chi connectivity index (χ4v) is 3.04. The van der Waals surface area contributed by atoms with E-state index in [4.69, 9.17) is 22.6 Å². The second-order valence-electron chi connectivity index (χ2n) is 5.41. The molecule has 0 aromatic heterocycles. The van der Waals surface area contributed by atoms with Gasteiger partial charge >= 0.3 is 6.03 Å². The quantitative estimate of drug-likeness (QED) is 0.728. The second-order valence-corrected chi connectivity index (χ2v) is 5.79. The summed E-state index contributed by atoms with van der Waals surface area (Å²) in [5, 5.41) is 9.47. The number of primary amides is 1. The predicted molar refractivity (Wildman–Crippen MR) is 86.8 cm³/mol. The number of nitrogens with two attached hydrogens (primary N) is 1. The molecule has 4 N–H and O–H groups in total. The number of nitrogens with one attached hydrogen (secondary N) is 2. The summed E-state index contributed by atoms with van der Waals surface area (Å²) in [6.45, 7) is 2.67. The molecule has 1 aromatic carbocycles. The topological polar surface area (TPSA) is 111 Å². The SMILES string of the molecule is Cc1c(N2CCCC2CC(=O)NNC(N)=O)ccc(C#N)c1Cl. The van der Waals surface area contributed by atoms with Gasteiger partial charge < -0.3 is 10.6 Å². The molecule has 1 unspecified atom stereocenters. The molecule has 1 aromatic rings. The summed E-state index contributed by atoms with van der Waals surface area (Å²) < 4.78 is 0. The van der Waals surface area contributed by atoms with Crippen LogP contribution >= 0.6 is 11.6 Å².